The molecule has 2 aromatic carbocycles. The molecule has 0 bridgehead atoms. The lowest BCUT2D eigenvalue weighted by Crippen LogP contribution is -2.04. The maximum absolute atomic E-state index is 12.2. The molecular weight excluding hydrogens is 312 g/mol. The topological polar surface area (TPSA) is 127 Å². The van der Waals surface area contributed by atoms with Crippen molar-refractivity contribution in [3.8, 4) is 0 Å². The highest BCUT2D eigenvalue weighted by atomic mass is 32.2. The van der Waals surface area contributed by atoms with Crippen molar-refractivity contribution in [2.75, 3.05) is 0 Å². The van der Waals surface area contributed by atoms with Gasteiger partial charge in [0.2, 0.25) is 0 Å². The smallest absolute Gasteiger partial charge is 0.354 e. The van der Waals surface area contributed by atoms with Crippen molar-refractivity contribution in [2.45, 2.75) is 0 Å². The van der Waals surface area contributed by atoms with E-state index in [1.165, 1.54) is 12.1 Å². The van der Waals surface area contributed by atoms with Crippen LogP contribution in [0.25, 0.3) is 21.8 Å². The van der Waals surface area contributed by atoms with Crippen LogP contribution in [0.2, 0.25) is 0 Å². The predicted molar refractivity (Wildman–Crippen MR) is 78.4 cm³/mol. The van der Waals surface area contributed by atoms with Crippen molar-refractivity contribution in [2.24, 2.45) is 0 Å². The van der Waals surface area contributed by atoms with Crippen molar-refractivity contribution < 1.29 is 17.6 Å². The fourth-order valence-corrected chi connectivity index (χ4v) is 2.02. The Labute approximate surface area is 124 Å². The number of aromatic amines is 1. The lowest BCUT2D eigenvalue weighted by molar-refractivity contribution is -0.384. The van der Waals surface area contributed by atoms with Gasteiger partial charge in [-0.15, -0.1) is 12.6 Å². The van der Waals surface area contributed by atoms with Gasteiger partial charge in [-0.3, -0.25) is 14.9 Å². The fraction of sp³-hybridized carbons (Fsp3) is 0. The van der Waals surface area contributed by atoms with Crippen LogP contribution in [0.3, 0.4) is 0 Å². The average molecular weight is 320 g/mol. The number of nitro benzene ring substituents is 1. The summed E-state index contributed by atoms with van der Waals surface area (Å²) in [4.78, 5) is 25.5. The number of rotatable bonds is 1. The van der Waals surface area contributed by atoms with E-state index < -0.39 is 15.5 Å². The Morgan fingerprint density at radius 1 is 0.955 bits per heavy atom. The Balaban J connectivity index is 0.000000396. The van der Waals surface area contributed by atoms with E-state index >= 15 is 0 Å². The Kier molecular flexibility index (Phi) is 4.28. The van der Waals surface area contributed by atoms with Crippen molar-refractivity contribution in [3.63, 3.8) is 0 Å². The molecule has 8 nitrogen and oxygen atoms in total. The molecule has 1 aromatic heterocycles. The van der Waals surface area contributed by atoms with Crippen LogP contribution in [0.1, 0.15) is 0 Å². The minimum atomic E-state index is -3.11. The monoisotopic (exact) mass is 320 g/mol. The lowest BCUT2D eigenvalue weighted by Gasteiger charge is -2.02. The molecule has 0 atom stereocenters. The third-order valence-electron chi connectivity index (χ3n) is 2.90. The molecule has 22 heavy (non-hydrogen) atoms. The molecule has 3 rings (SSSR count). The zero-order valence-electron chi connectivity index (χ0n) is 10.8. The first-order valence-corrected chi connectivity index (χ1v) is 6.86. The van der Waals surface area contributed by atoms with Gasteiger partial charge in [-0.2, -0.15) is 0 Å². The van der Waals surface area contributed by atoms with E-state index in [2.05, 4.69) is 4.98 Å². The number of aromatic nitrogens is 1. The van der Waals surface area contributed by atoms with Crippen molar-refractivity contribution in [1.82, 2.24) is 4.98 Å². The van der Waals surface area contributed by atoms with Gasteiger partial charge in [0.25, 0.3) is 5.69 Å². The second kappa shape index (κ2) is 6.14. The first-order valence-electron chi connectivity index (χ1n) is 5.86. The maximum Gasteiger partial charge on any atom is 0.425 e. The molecule has 0 aliphatic heterocycles. The number of hydrogen-bond acceptors (Lipinski definition) is 6. The second-order valence-electron chi connectivity index (χ2n) is 4.19. The number of nitrogens with zero attached hydrogens (tertiary/aromatic N) is 1. The SMILES string of the molecule is O=S(=O)=O.O=c1c2ccccc2[nH]c2ccc([N+](=O)[O-])cc12. The first kappa shape index (κ1) is 15.3. The summed E-state index contributed by atoms with van der Waals surface area (Å²) in [6, 6.07) is 11.3. The number of fused-ring (bicyclic) bond motifs is 2. The maximum atomic E-state index is 12.2. The van der Waals surface area contributed by atoms with Crippen LogP contribution < -0.4 is 5.43 Å². The number of para-hydroxylation sites is 1. The van der Waals surface area contributed by atoms with E-state index in [4.69, 9.17) is 12.6 Å². The highest BCUT2D eigenvalue weighted by Crippen LogP contribution is 2.19. The molecule has 1 heterocycles. The van der Waals surface area contributed by atoms with E-state index in [0.717, 1.165) is 5.52 Å². The highest BCUT2D eigenvalue weighted by Gasteiger charge is 2.10. The van der Waals surface area contributed by atoms with E-state index in [-0.39, 0.29) is 11.1 Å². The third kappa shape index (κ3) is 3.15. The van der Waals surface area contributed by atoms with Crippen LogP contribution in [-0.2, 0) is 10.6 Å². The number of pyridine rings is 1. The number of hydrogen-bond donors (Lipinski definition) is 1. The van der Waals surface area contributed by atoms with E-state index in [9.17, 15) is 14.9 Å². The largest absolute Gasteiger partial charge is 0.425 e. The molecule has 0 fully saturated rings. The molecule has 0 aliphatic rings. The van der Waals surface area contributed by atoms with Gasteiger partial charge in [0.05, 0.1) is 15.8 Å². The van der Waals surface area contributed by atoms with Crippen molar-refractivity contribution >= 4 is 38.1 Å². The van der Waals surface area contributed by atoms with Gasteiger partial charge >= 0.3 is 10.6 Å². The fourth-order valence-electron chi connectivity index (χ4n) is 2.02. The van der Waals surface area contributed by atoms with Gasteiger partial charge in [-0.25, -0.2) is 0 Å². The molecule has 9 heteroatoms. The zero-order valence-corrected chi connectivity index (χ0v) is 11.7. The van der Waals surface area contributed by atoms with E-state index in [0.29, 0.717) is 16.3 Å². The van der Waals surface area contributed by atoms with Gasteiger partial charge < -0.3 is 4.98 Å². The highest BCUT2D eigenvalue weighted by molar-refractivity contribution is 7.59. The van der Waals surface area contributed by atoms with Gasteiger partial charge in [-0.1, -0.05) is 12.1 Å². The van der Waals surface area contributed by atoms with Gasteiger partial charge in [0.15, 0.2) is 5.43 Å². The van der Waals surface area contributed by atoms with Crippen LogP contribution in [-0.4, -0.2) is 22.5 Å². The van der Waals surface area contributed by atoms with E-state index in [1.807, 2.05) is 6.07 Å². The number of H-pyrrole nitrogens is 1. The van der Waals surface area contributed by atoms with Crippen molar-refractivity contribution in [3.05, 3.63) is 62.8 Å². The molecule has 112 valence electrons. The summed E-state index contributed by atoms with van der Waals surface area (Å²) in [6.45, 7) is 0. The minimum absolute atomic E-state index is 0.0803. The average Bonchev–Trinajstić information content (AvgIpc) is 2.46. The summed E-state index contributed by atoms with van der Waals surface area (Å²) in [5.74, 6) is 0. The molecule has 0 radical (unpaired) electrons. The van der Waals surface area contributed by atoms with E-state index in [1.54, 1.807) is 24.3 Å². The summed E-state index contributed by atoms with van der Waals surface area (Å²) < 4.78 is 25.3. The molecule has 3 aromatic rings. The molecule has 0 saturated heterocycles. The minimum Gasteiger partial charge on any atom is -0.354 e. The third-order valence-corrected chi connectivity index (χ3v) is 2.90. The van der Waals surface area contributed by atoms with Crippen LogP contribution >= 0.6 is 0 Å². The first-order chi connectivity index (χ1) is 10.4. The van der Waals surface area contributed by atoms with Crippen LogP contribution in [0.4, 0.5) is 5.69 Å². The normalized spacial score (nSPS) is 10.0. The summed E-state index contributed by atoms with van der Waals surface area (Å²) in [7, 11) is -3.11. The number of benzene rings is 2. The quantitative estimate of drug-likeness (QED) is 0.412. The molecule has 0 unspecified atom stereocenters. The number of non-ortho nitro benzene ring substituents is 1. The molecule has 0 saturated carbocycles. The van der Waals surface area contributed by atoms with Gasteiger partial charge in [-0.05, 0) is 18.2 Å². The number of nitrogens with one attached hydrogen (secondary N) is 1. The van der Waals surface area contributed by atoms with Crippen LogP contribution in [0.5, 0.6) is 0 Å². The van der Waals surface area contributed by atoms with Crippen LogP contribution in [0.15, 0.2) is 47.3 Å². The van der Waals surface area contributed by atoms with Gasteiger partial charge in [0.1, 0.15) is 0 Å². The summed E-state index contributed by atoms with van der Waals surface area (Å²) in [5, 5.41) is 11.6. The summed E-state index contributed by atoms with van der Waals surface area (Å²) >= 11 is 0. The predicted octanol–water partition coefficient (Wildman–Crippen LogP) is 1.59. The standard InChI is InChI=1S/C13H8N2O3.O3S/c16-13-9-3-1-2-4-11(9)14-12-6-5-8(15(17)18)7-10(12)13;1-4(2)3/h1-7H,(H,14,16);. The Morgan fingerprint density at radius 2 is 1.55 bits per heavy atom. The van der Waals surface area contributed by atoms with Gasteiger partial charge in [0, 0.05) is 23.0 Å². The Bertz CT molecular complexity index is 1030. The van der Waals surface area contributed by atoms with Crippen LogP contribution in [0, 0.1) is 10.1 Å². The lowest BCUT2D eigenvalue weighted by atomic mass is 10.1. The number of nitro groups is 1. The molecule has 0 amide bonds. The molecule has 0 spiro atoms. The zero-order chi connectivity index (χ0) is 16.3. The molecule has 0 aliphatic carbocycles. The Morgan fingerprint density at radius 3 is 2.18 bits per heavy atom. The summed E-state index contributed by atoms with van der Waals surface area (Å²) in [5.41, 5.74) is 1.06. The van der Waals surface area contributed by atoms with Crippen molar-refractivity contribution in [1.29, 1.82) is 0 Å². The molecular formula is C13H8N2O6S. The second-order valence-corrected chi connectivity index (χ2v) is 4.60. The Hall–Kier alpha value is -3.07. The molecule has 1 N–H and O–H groups in total. The summed E-state index contributed by atoms with van der Waals surface area (Å²) in [6.07, 6.45) is 0.